The molecule has 0 saturated carbocycles. The van der Waals surface area contributed by atoms with Crippen LogP contribution in [0.2, 0.25) is 5.02 Å². The molecule has 0 amide bonds. The van der Waals surface area contributed by atoms with E-state index in [2.05, 4.69) is 16.5 Å². The summed E-state index contributed by atoms with van der Waals surface area (Å²) < 4.78 is 0. The maximum atomic E-state index is 6.05. The van der Waals surface area contributed by atoms with Crippen LogP contribution in [0.1, 0.15) is 16.8 Å². The van der Waals surface area contributed by atoms with Gasteiger partial charge in [0.1, 0.15) is 0 Å². The van der Waals surface area contributed by atoms with Crippen molar-refractivity contribution in [3.05, 3.63) is 59.1 Å². The van der Waals surface area contributed by atoms with E-state index in [1.807, 2.05) is 25.1 Å². The van der Waals surface area contributed by atoms with Crippen molar-refractivity contribution in [2.24, 2.45) is 0 Å². The molecule has 0 saturated heterocycles. The summed E-state index contributed by atoms with van der Waals surface area (Å²) in [4.78, 5) is 7.00. The summed E-state index contributed by atoms with van der Waals surface area (Å²) in [5.41, 5.74) is 3.92. The third-order valence-corrected chi connectivity index (χ3v) is 2.83. The highest BCUT2D eigenvalue weighted by atomic mass is 35.5. The maximum absolute atomic E-state index is 6.05. The zero-order chi connectivity index (χ0) is 10.8. The minimum absolute atomic E-state index is 0.758. The van der Waals surface area contributed by atoms with Crippen molar-refractivity contribution >= 4 is 17.2 Å². The second-order valence-electron chi connectivity index (χ2n) is 3.36. The van der Waals surface area contributed by atoms with E-state index in [0.717, 1.165) is 27.4 Å². The van der Waals surface area contributed by atoms with Crippen molar-refractivity contribution in [1.82, 2.24) is 9.97 Å². The van der Waals surface area contributed by atoms with Gasteiger partial charge in [-0.3, -0.25) is 0 Å². The van der Waals surface area contributed by atoms with Crippen molar-refractivity contribution in [2.75, 3.05) is 0 Å². The predicted molar refractivity (Wildman–Crippen MR) is 62.9 cm³/mol. The van der Waals surface area contributed by atoms with E-state index in [1.54, 1.807) is 12.5 Å². The van der Waals surface area contributed by atoms with Gasteiger partial charge in [-0.05, 0) is 29.7 Å². The molecule has 0 aliphatic heterocycles. The number of hydrogen-bond acceptors (Lipinski definition) is 1. The molecule has 2 rings (SSSR count). The van der Waals surface area contributed by atoms with Gasteiger partial charge in [0.25, 0.3) is 0 Å². The molecule has 0 aliphatic carbocycles. The van der Waals surface area contributed by atoms with Crippen molar-refractivity contribution in [3.8, 4) is 0 Å². The summed E-state index contributed by atoms with van der Waals surface area (Å²) in [6, 6.07) is 5.80. The van der Waals surface area contributed by atoms with Crippen LogP contribution < -0.4 is 0 Å². The molecule has 1 heterocycles. The quantitative estimate of drug-likeness (QED) is 0.822. The summed E-state index contributed by atoms with van der Waals surface area (Å²) in [5.74, 6) is 0. The molecule has 0 atom stereocenters. The summed E-state index contributed by atoms with van der Waals surface area (Å²) in [6.07, 6.45) is 3.39. The Morgan fingerprint density at radius 2 is 2.27 bits per heavy atom. The lowest BCUT2D eigenvalue weighted by molar-refractivity contribution is 1.29. The molecule has 2 nitrogen and oxygen atoms in total. The Hall–Kier alpha value is -1.54. The van der Waals surface area contributed by atoms with Gasteiger partial charge in [0.2, 0.25) is 0 Å². The Balaban J connectivity index is 2.47. The summed E-state index contributed by atoms with van der Waals surface area (Å²) in [7, 11) is 0. The van der Waals surface area contributed by atoms with Crippen LogP contribution in [0.4, 0.5) is 0 Å². The monoisotopic (exact) mass is 218 g/mol. The molecule has 0 aliphatic rings. The molecule has 0 fully saturated rings. The smallest absolute Gasteiger partial charge is 0.0924 e. The number of rotatable bonds is 2. The highest BCUT2D eigenvalue weighted by Gasteiger charge is 2.08. The van der Waals surface area contributed by atoms with E-state index in [1.165, 1.54) is 0 Å². The standard InChI is InChI=1S/C12H11ClN2/c1-8-10(4-3-5-11(8)13)9(2)12-6-14-7-15-12/h3-7H,2H2,1H3,(H,14,15). The number of aromatic nitrogens is 2. The minimum atomic E-state index is 0.758. The third-order valence-electron chi connectivity index (χ3n) is 2.42. The number of hydrogen-bond donors (Lipinski definition) is 1. The Morgan fingerprint density at radius 1 is 1.47 bits per heavy atom. The molecular weight excluding hydrogens is 208 g/mol. The molecule has 15 heavy (non-hydrogen) atoms. The first kappa shape index (κ1) is 9.99. The first-order chi connectivity index (χ1) is 7.20. The lowest BCUT2D eigenvalue weighted by Crippen LogP contribution is -1.90. The fourth-order valence-electron chi connectivity index (χ4n) is 1.50. The maximum Gasteiger partial charge on any atom is 0.0924 e. The molecular formula is C12H11ClN2. The highest BCUT2D eigenvalue weighted by Crippen LogP contribution is 2.27. The lowest BCUT2D eigenvalue weighted by Gasteiger charge is -2.08. The van der Waals surface area contributed by atoms with Gasteiger partial charge in [-0.15, -0.1) is 0 Å². The average Bonchev–Trinajstić information content (AvgIpc) is 2.74. The molecule has 0 bridgehead atoms. The van der Waals surface area contributed by atoms with Crippen molar-refractivity contribution in [1.29, 1.82) is 0 Å². The van der Waals surface area contributed by atoms with Crippen LogP contribution in [0.25, 0.3) is 5.57 Å². The molecule has 1 N–H and O–H groups in total. The molecule has 0 spiro atoms. The Morgan fingerprint density at radius 3 is 2.93 bits per heavy atom. The van der Waals surface area contributed by atoms with Crippen molar-refractivity contribution < 1.29 is 0 Å². The molecule has 1 aromatic carbocycles. The van der Waals surface area contributed by atoms with Gasteiger partial charge < -0.3 is 4.98 Å². The summed E-state index contributed by atoms with van der Waals surface area (Å²) in [6.45, 7) is 6.02. The predicted octanol–water partition coefficient (Wildman–Crippen LogP) is 3.43. The number of benzene rings is 1. The largest absolute Gasteiger partial charge is 0.345 e. The van der Waals surface area contributed by atoms with Crippen LogP contribution in [-0.4, -0.2) is 9.97 Å². The molecule has 1 aromatic heterocycles. The fraction of sp³-hybridized carbons (Fsp3) is 0.0833. The van der Waals surface area contributed by atoms with E-state index in [4.69, 9.17) is 11.6 Å². The van der Waals surface area contributed by atoms with Crippen LogP contribution in [-0.2, 0) is 0 Å². The van der Waals surface area contributed by atoms with Crippen LogP contribution >= 0.6 is 11.6 Å². The van der Waals surface area contributed by atoms with Gasteiger partial charge in [0, 0.05) is 5.02 Å². The molecule has 2 aromatic rings. The van der Waals surface area contributed by atoms with Crippen molar-refractivity contribution in [3.63, 3.8) is 0 Å². The fourth-order valence-corrected chi connectivity index (χ4v) is 1.67. The molecule has 76 valence electrons. The Kier molecular flexibility index (Phi) is 2.60. The first-order valence-corrected chi connectivity index (χ1v) is 5.01. The average molecular weight is 219 g/mol. The topological polar surface area (TPSA) is 28.7 Å². The zero-order valence-electron chi connectivity index (χ0n) is 8.42. The van der Waals surface area contributed by atoms with E-state index < -0.39 is 0 Å². The molecule has 3 heteroatoms. The van der Waals surface area contributed by atoms with E-state index in [-0.39, 0.29) is 0 Å². The van der Waals surface area contributed by atoms with Gasteiger partial charge in [0.15, 0.2) is 0 Å². The van der Waals surface area contributed by atoms with Gasteiger partial charge in [-0.2, -0.15) is 0 Å². The highest BCUT2D eigenvalue weighted by molar-refractivity contribution is 6.31. The second kappa shape index (κ2) is 3.91. The van der Waals surface area contributed by atoms with Gasteiger partial charge in [0.05, 0.1) is 18.2 Å². The number of nitrogens with zero attached hydrogens (tertiary/aromatic N) is 1. The summed E-state index contributed by atoms with van der Waals surface area (Å²) >= 11 is 6.05. The van der Waals surface area contributed by atoms with E-state index in [9.17, 15) is 0 Å². The van der Waals surface area contributed by atoms with Crippen LogP contribution in [0, 0.1) is 6.92 Å². The molecule has 0 radical (unpaired) electrons. The first-order valence-electron chi connectivity index (χ1n) is 4.63. The number of imidazole rings is 1. The van der Waals surface area contributed by atoms with Gasteiger partial charge >= 0.3 is 0 Å². The lowest BCUT2D eigenvalue weighted by atomic mass is 10.00. The summed E-state index contributed by atoms with van der Waals surface area (Å²) in [5, 5.41) is 0.758. The van der Waals surface area contributed by atoms with Crippen LogP contribution in [0.5, 0.6) is 0 Å². The van der Waals surface area contributed by atoms with E-state index >= 15 is 0 Å². The number of nitrogens with one attached hydrogen (secondary N) is 1. The van der Waals surface area contributed by atoms with Crippen LogP contribution in [0.3, 0.4) is 0 Å². The number of halogens is 1. The molecule has 0 unspecified atom stereocenters. The van der Waals surface area contributed by atoms with Crippen molar-refractivity contribution in [2.45, 2.75) is 6.92 Å². The second-order valence-corrected chi connectivity index (χ2v) is 3.76. The van der Waals surface area contributed by atoms with Gasteiger partial charge in [-0.1, -0.05) is 30.3 Å². The van der Waals surface area contributed by atoms with E-state index in [0.29, 0.717) is 0 Å². The van der Waals surface area contributed by atoms with Crippen LogP contribution in [0.15, 0.2) is 37.3 Å². The zero-order valence-corrected chi connectivity index (χ0v) is 9.17. The third kappa shape index (κ3) is 1.81. The minimum Gasteiger partial charge on any atom is -0.345 e. The van der Waals surface area contributed by atoms with Gasteiger partial charge in [-0.25, -0.2) is 4.98 Å². The Bertz CT molecular complexity index is 486. The normalized spacial score (nSPS) is 10.3. The number of aromatic amines is 1. The number of H-pyrrole nitrogens is 1. The Labute approximate surface area is 93.6 Å². The SMILES string of the molecule is C=C(c1cnc[nH]1)c1cccc(Cl)c1C.